The van der Waals surface area contributed by atoms with Gasteiger partial charge in [0.15, 0.2) is 22.1 Å². The molecule has 1 aliphatic heterocycles. The molecule has 0 bridgehead atoms. The van der Waals surface area contributed by atoms with Gasteiger partial charge in [-0.15, -0.1) is 0 Å². The van der Waals surface area contributed by atoms with Crippen molar-refractivity contribution in [2.45, 2.75) is 20.0 Å². The number of nitrogens with zero attached hydrogens (tertiary/aromatic N) is 5. The van der Waals surface area contributed by atoms with Gasteiger partial charge in [0.25, 0.3) is 0 Å². The number of aliphatic hydroxyl groups is 1. The lowest BCUT2D eigenvalue weighted by Crippen LogP contribution is -2.27. The fraction of sp³-hybridized carbons (Fsp3) is 0.429. The van der Waals surface area contributed by atoms with Crippen molar-refractivity contribution in [3.05, 3.63) is 11.9 Å². The third-order valence-corrected chi connectivity index (χ3v) is 4.65. The van der Waals surface area contributed by atoms with Crippen LogP contribution in [0.15, 0.2) is 6.20 Å². The number of nitrogen functional groups attached to an aromatic ring is 1. The zero-order valence-electron chi connectivity index (χ0n) is 13.0. The summed E-state index contributed by atoms with van der Waals surface area (Å²) in [4.78, 5) is 41.4. The topological polar surface area (TPSA) is 135 Å². The number of carbonyl (C=O) groups is 2. The van der Waals surface area contributed by atoms with E-state index in [2.05, 4.69) is 19.9 Å². The first kappa shape index (κ1) is 16.5. The van der Waals surface area contributed by atoms with Crippen LogP contribution in [0.2, 0.25) is 0 Å². The Morgan fingerprint density at radius 2 is 2.25 bits per heavy atom. The van der Waals surface area contributed by atoms with E-state index in [1.807, 2.05) is 0 Å². The van der Waals surface area contributed by atoms with Crippen LogP contribution in [0, 0.1) is 5.92 Å². The molecule has 9 nitrogen and oxygen atoms in total. The van der Waals surface area contributed by atoms with Gasteiger partial charge < -0.3 is 10.8 Å². The second-order valence-electron chi connectivity index (χ2n) is 5.48. The van der Waals surface area contributed by atoms with Gasteiger partial charge in [-0.1, -0.05) is 11.8 Å². The Morgan fingerprint density at radius 1 is 1.46 bits per heavy atom. The van der Waals surface area contributed by atoms with Crippen LogP contribution < -0.4 is 10.6 Å². The van der Waals surface area contributed by atoms with Crippen molar-refractivity contribution >= 4 is 45.7 Å². The van der Waals surface area contributed by atoms with E-state index in [1.165, 1.54) is 29.8 Å². The zero-order valence-corrected chi connectivity index (χ0v) is 13.8. The normalized spacial score (nSPS) is 17.7. The largest absolute Gasteiger partial charge is 0.390 e. The molecule has 10 heteroatoms. The minimum absolute atomic E-state index is 0.0297. The van der Waals surface area contributed by atoms with Gasteiger partial charge in [0.05, 0.1) is 18.5 Å². The Hall–Kier alpha value is -2.33. The summed E-state index contributed by atoms with van der Waals surface area (Å²) in [5.74, 6) is 0.830. The van der Waals surface area contributed by atoms with Crippen LogP contribution in [0.5, 0.6) is 0 Å². The highest BCUT2D eigenvalue weighted by atomic mass is 32.2. The van der Waals surface area contributed by atoms with Gasteiger partial charge in [-0.25, -0.2) is 9.97 Å². The highest BCUT2D eigenvalue weighted by molar-refractivity contribution is 8.13. The standard InChI is InChI=1S/C14H16N6O3S/c1-7(22)24-6-8-2-10(23)20(4-8)14-18-12(15)11-13(19-14)16-3-9(5-21)17-11/h3,8,21H,2,4-6H2,1H3,(H2,15,16,18,19). The lowest BCUT2D eigenvalue weighted by Gasteiger charge is -2.15. The molecule has 3 N–H and O–H groups in total. The molecule has 3 heterocycles. The third kappa shape index (κ3) is 3.29. The fourth-order valence-electron chi connectivity index (χ4n) is 2.47. The number of carbonyl (C=O) groups excluding carboxylic acids is 2. The van der Waals surface area contributed by atoms with E-state index >= 15 is 0 Å². The van der Waals surface area contributed by atoms with Crippen LogP contribution in [0.4, 0.5) is 11.8 Å². The SMILES string of the molecule is CC(=O)SCC1CC(=O)N(c2nc(N)c3nc(CO)cnc3n2)C1. The van der Waals surface area contributed by atoms with Crippen molar-refractivity contribution in [1.29, 1.82) is 0 Å². The Balaban J connectivity index is 1.86. The highest BCUT2D eigenvalue weighted by Gasteiger charge is 2.33. The predicted molar refractivity (Wildman–Crippen MR) is 89.1 cm³/mol. The molecule has 1 amide bonds. The van der Waals surface area contributed by atoms with Gasteiger partial charge in [-0.05, 0) is 5.92 Å². The number of thioether (sulfide) groups is 1. The van der Waals surface area contributed by atoms with E-state index in [1.54, 1.807) is 0 Å². The van der Waals surface area contributed by atoms with Crippen molar-refractivity contribution in [2.24, 2.45) is 5.92 Å². The number of anilines is 2. The van der Waals surface area contributed by atoms with E-state index in [9.17, 15) is 9.59 Å². The van der Waals surface area contributed by atoms with Crippen molar-refractivity contribution < 1.29 is 14.7 Å². The summed E-state index contributed by atoms with van der Waals surface area (Å²) >= 11 is 1.21. The molecule has 1 unspecified atom stereocenters. The summed E-state index contributed by atoms with van der Waals surface area (Å²) in [6.07, 6.45) is 1.74. The van der Waals surface area contributed by atoms with Crippen molar-refractivity contribution in [3.8, 4) is 0 Å². The number of aromatic nitrogens is 4. The summed E-state index contributed by atoms with van der Waals surface area (Å²) < 4.78 is 0. The van der Waals surface area contributed by atoms with Crippen LogP contribution >= 0.6 is 11.8 Å². The van der Waals surface area contributed by atoms with Gasteiger partial charge in [0.1, 0.15) is 0 Å². The molecular weight excluding hydrogens is 332 g/mol. The molecule has 0 spiro atoms. The Morgan fingerprint density at radius 3 is 2.96 bits per heavy atom. The van der Waals surface area contributed by atoms with Gasteiger partial charge in [0, 0.05) is 25.6 Å². The molecule has 24 heavy (non-hydrogen) atoms. The molecule has 2 aromatic rings. The summed E-state index contributed by atoms with van der Waals surface area (Å²) in [5, 5.41) is 9.14. The van der Waals surface area contributed by atoms with Gasteiger partial charge in [-0.3, -0.25) is 14.5 Å². The molecule has 0 aliphatic carbocycles. The Kier molecular flexibility index (Phi) is 4.58. The average molecular weight is 348 g/mol. The van der Waals surface area contributed by atoms with Crippen LogP contribution in [-0.2, 0) is 16.2 Å². The molecule has 0 aromatic carbocycles. The first-order valence-corrected chi connectivity index (χ1v) is 8.30. The molecule has 1 fully saturated rings. The highest BCUT2D eigenvalue weighted by Crippen LogP contribution is 2.27. The average Bonchev–Trinajstić information content (AvgIpc) is 2.93. The van der Waals surface area contributed by atoms with Crippen LogP contribution in [0.3, 0.4) is 0 Å². The minimum Gasteiger partial charge on any atom is -0.390 e. The van der Waals surface area contributed by atoms with Gasteiger partial charge in [0.2, 0.25) is 11.9 Å². The Bertz CT molecular complexity index is 814. The fourth-order valence-corrected chi connectivity index (χ4v) is 3.17. The maximum absolute atomic E-state index is 12.2. The molecule has 1 aliphatic rings. The van der Waals surface area contributed by atoms with Gasteiger partial charge in [-0.2, -0.15) is 9.97 Å². The zero-order chi connectivity index (χ0) is 17.3. The second-order valence-corrected chi connectivity index (χ2v) is 6.67. The van der Waals surface area contributed by atoms with E-state index in [-0.39, 0.29) is 41.0 Å². The van der Waals surface area contributed by atoms with Crippen LogP contribution in [0.25, 0.3) is 11.2 Å². The number of hydrogen-bond donors (Lipinski definition) is 2. The molecular formula is C14H16N6O3S. The quantitative estimate of drug-likeness (QED) is 0.790. The molecule has 0 saturated carbocycles. The van der Waals surface area contributed by atoms with Crippen molar-refractivity contribution in [2.75, 3.05) is 22.9 Å². The van der Waals surface area contributed by atoms with Crippen LogP contribution in [-0.4, -0.2) is 48.4 Å². The predicted octanol–water partition coefficient (Wildman–Crippen LogP) is 0.127. The van der Waals surface area contributed by atoms with E-state index < -0.39 is 0 Å². The lowest BCUT2D eigenvalue weighted by molar-refractivity contribution is -0.117. The summed E-state index contributed by atoms with van der Waals surface area (Å²) in [7, 11) is 0. The molecule has 0 radical (unpaired) electrons. The monoisotopic (exact) mass is 348 g/mol. The third-order valence-electron chi connectivity index (χ3n) is 3.60. The van der Waals surface area contributed by atoms with Crippen molar-refractivity contribution in [1.82, 2.24) is 19.9 Å². The van der Waals surface area contributed by atoms with Crippen molar-refractivity contribution in [3.63, 3.8) is 0 Å². The molecule has 1 atom stereocenters. The number of amides is 1. The molecule has 1 saturated heterocycles. The maximum Gasteiger partial charge on any atom is 0.236 e. The lowest BCUT2D eigenvalue weighted by atomic mass is 10.1. The summed E-state index contributed by atoms with van der Waals surface area (Å²) in [5.41, 5.74) is 6.83. The van der Waals surface area contributed by atoms with E-state index in [0.717, 1.165) is 0 Å². The number of rotatable bonds is 4. The first-order chi connectivity index (χ1) is 11.5. The molecule has 126 valence electrons. The number of nitrogens with two attached hydrogens (primary N) is 1. The smallest absolute Gasteiger partial charge is 0.236 e. The number of aliphatic hydroxyl groups excluding tert-OH is 1. The molecule has 3 rings (SSSR count). The number of fused-ring (bicyclic) bond motifs is 1. The Labute approximate surface area is 141 Å². The first-order valence-electron chi connectivity index (χ1n) is 7.31. The van der Waals surface area contributed by atoms with Gasteiger partial charge >= 0.3 is 0 Å². The van der Waals surface area contributed by atoms with Crippen LogP contribution in [0.1, 0.15) is 19.0 Å². The second kappa shape index (κ2) is 6.65. The summed E-state index contributed by atoms with van der Waals surface area (Å²) in [6, 6.07) is 0. The minimum atomic E-state index is -0.260. The summed E-state index contributed by atoms with van der Waals surface area (Å²) in [6.45, 7) is 1.68. The van der Waals surface area contributed by atoms with E-state index in [4.69, 9.17) is 10.8 Å². The van der Waals surface area contributed by atoms with E-state index in [0.29, 0.717) is 29.9 Å². The molecule has 2 aromatic heterocycles. The maximum atomic E-state index is 12.2. The number of hydrogen-bond acceptors (Lipinski definition) is 9.